The van der Waals surface area contributed by atoms with E-state index in [0.717, 1.165) is 0 Å². The fraction of sp³-hybridized carbons (Fsp3) is 0.538. The SMILES string of the molecule is I.NC(=NCC(=O)NCC(F)F)N1CCN(c2ncccn2)CC1. The number of amides is 1. The van der Waals surface area contributed by atoms with E-state index < -0.39 is 18.9 Å². The highest BCUT2D eigenvalue weighted by Crippen LogP contribution is 2.09. The number of nitrogens with one attached hydrogen (secondary N) is 1. The van der Waals surface area contributed by atoms with Crippen LogP contribution in [0.1, 0.15) is 0 Å². The van der Waals surface area contributed by atoms with Gasteiger partial charge >= 0.3 is 0 Å². The maximum atomic E-state index is 12.0. The highest BCUT2D eigenvalue weighted by atomic mass is 127. The lowest BCUT2D eigenvalue weighted by Crippen LogP contribution is -2.51. The van der Waals surface area contributed by atoms with E-state index in [1.807, 2.05) is 9.80 Å². The molecular weight excluding hydrogens is 435 g/mol. The van der Waals surface area contributed by atoms with Crippen LogP contribution in [0.15, 0.2) is 23.5 Å². The summed E-state index contributed by atoms with van der Waals surface area (Å²) in [4.78, 5) is 27.5. The first-order chi connectivity index (χ1) is 11.1. The largest absolute Gasteiger partial charge is 0.370 e. The molecule has 1 aliphatic heterocycles. The van der Waals surface area contributed by atoms with Crippen LogP contribution in [0.5, 0.6) is 0 Å². The van der Waals surface area contributed by atoms with Crippen molar-refractivity contribution in [1.29, 1.82) is 0 Å². The van der Waals surface area contributed by atoms with Gasteiger partial charge in [0.1, 0.15) is 6.54 Å². The maximum absolute atomic E-state index is 12.0. The van der Waals surface area contributed by atoms with Gasteiger partial charge in [0.2, 0.25) is 11.9 Å². The summed E-state index contributed by atoms with van der Waals surface area (Å²) in [7, 11) is 0. The molecule has 8 nitrogen and oxygen atoms in total. The van der Waals surface area contributed by atoms with Crippen molar-refractivity contribution in [2.75, 3.05) is 44.2 Å². The quantitative estimate of drug-likeness (QED) is 0.366. The van der Waals surface area contributed by atoms with Gasteiger partial charge in [-0.05, 0) is 6.07 Å². The second-order valence-electron chi connectivity index (χ2n) is 4.89. The van der Waals surface area contributed by atoms with E-state index in [9.17, 15) is 13.6 Å². The van der Waals surface area contributed by atoms with Crippen LogP contribution in [0.4, 0.5) is 14.7 Å². The first kappa shape index (κ1) is 20.3. The van der Waals surface area contributed by atoms with Crippen molar-refractivity contribution in [2.45, 2.75) is 6.43 Å². The van der Waals surface area contributed by atoms with E-state index in [2.05, 4.69) is 20.3 Å². The van der Waals surface area contributed by atoms with Gasteiger partial charge in [0.25, 0.3) is 6.43 Å². The number of guanidine groups is 1. The van der Waals surface area contributed by atoms with Crippen molar-refractivity contribution in [1.82, 2.24) is 20.2 Å². The fourth-order valence-electron chi connectivity index (χ4n) is 2.09. The second kappa shape index (κ2) is 10.2. The number of carbonyl (C=O) groups is 1. The Morgan fingerprint density at radius 3 is 2.50 bits per heavy atom. The zero-order chi connectivity index (χ0) is 16.7. The van der Waals surface area contributed by atoms with E-state index in [1.54, 1.807) is 18.5 Å². The second-order valence-corrected chi connectivity index (χ2v) is 4.89. The van der Waals surface area contributed by atoms with E-state index in [1.165, 1.54) is 0 Å². The molecule has 0 saturated carbocycles. The Morgan fingerprint density at radius 2 is 1.92 bits per heavy atom. The number of hydrogen-bond acceptors (Lipinski definition) is 5. The minimum Gasteiger partial charge on any atom is -0.370 e. The number of aromatic nitrogens is 2. The van der Waals surface area contributed by atoms with Crippen LogP contribution in [0.2, 0.25) is 0 Å². The zero-order valence-electron chi connectivity index (χ0n) is 12.9. The number of anilines is 1. The number of nitrogens with zero attached hydrogens (tertiary/aromatic N) is 5. The molecule has 0 aromatic carbocycles. The van der Waals surface area contributed by atoms with Crippen molar-refractivity contribution in [3.05, 3.63) is 18.5 Å². The predicted molar refractivity (Wildman–Crippen MR) is 96.7 cm³/mol. The number of piperazine rings is 1. The summed E-state index contributed by atoms with van der Waals surface area (Å²) in [5, 5.41) is 2.07. The monoisotopic (exact) mass is 455 g/mol. The lowest BCUT2D eigenvalue weighted by molar-refractivity contribution is -0.120. The molecule has 1 saturated heterocycles. The molecule has 3 N–H and O–H groups in total. The zero-order valence-corrected chi connectivity index (χ0v) is 15.3. The predicted octanol–water partition coefficient (Wildman–Crippen LogP) is -0.0874. The van der Waals surface area contributed by atoms with Crippen LogP contribution in [0.25, 0.3) is 0 Å². The lowest BCUT2D eigenvalue weighted by atomic mass is 10.3. The summed E-state index contributed by atoms with van der Waals surface area (Å²) in [6, 6.07) is 1.75. The van der Waals surface area contributed by atoms with E-state index in [-0.39, 0.29) is 36.5 Å². The Labute approximate surface area is 155 Å². The summed E-state index contributed by atoms with van der Waals surface area (Å²) in [5.41, 5.74) is 5.83. The number of rotatable bonds is 5. The third kappa shape index (κ3) is 6.37. The molecule has 0 spiro atoms. The smallest absolute Gasteiger partial charge is 0.255 e. The summed E-state index contributed by atoms with van der Waals surface area (Å²) in [6.07, 6.45) is 0.791. The molecule has 24 heavy (non-hydrogen) atoms. The Kier molecular flexibility index (Phi) is 8.57. The van der Waals surface area contributed by atoms with Gasteiger partial charge in [0.15, 0.2) is 5.96 Å². The molecule has 0 bridgehead atoms. The van der Waals surface area contributed by atoms with Gasteiger partial charge in [-0.2, -0.15) is 0 Å². The molecule has 2 rings (SSSR count). The van der Waals surface area contributed by atoms with Crippen LogP contribution in [0, 0.1) is 0 Å². The summed E-state index contributed by atoms with van der Waals surface area (Å²) < 4.78 is 23.9. The number of nitrogens with two attached hydrogens (primary N) is 1. The molecule has 1 aromatic rings. The average molecular weight is 455 g/mol. The van der Waals surface area contributed by atoms with Gasteiger partial charge in [-0.15, -0.1) is 24.0 Å². The number of carbonyl (C=O) groups excluding carboxylic acids is 1. The Hall–Kier alpha value is -1.79. The molecule has 1 amide bonds. The molecule has 11 heteroatoms. The topological polar surface area (TPSA) is 99.7 Å². The number of hydrogen-bond donors (Lipinski definition) is 2. The number of aliphatic imine (C=N–C) groups is 1. The third-order valence-electron chi connectivity index (χ3n) is 3.28. The molecule has 0 aliphatic carbocycles. The van der Waals surface area contributed by atoms with Gasteiger partial charge in [-0.1, -0.05) is 0 Å². The van der Waals surface area contributed by atoms with Gasteiger partial charge in [-0.3, -0.25) is 4.79 Å². The van der Waals surface area contributed by atoms with Gasteiger partial charge in [0, 0.05) is 38.6 Å². The minimum absolute atomic E-state index is 0. The fourth-order valence-corrected chi connectivity index (χ4v) is 2.09. The molecular formula is C13H20F2IN7O. The first-order valence-corrected chi connectivity index (χ1v) is 7.18. The molecule has 134 valence electrons. The molecule has 1 aromatic heterocycles. The summed E-state index contributed by atoms with van der Waals surface area (Å²) in [6.45, 7) is 1.65. The van der Waals surface area contributed by atoms with Crippen LogP contribution in [-0.2, 0) is 4.79 Å². The highest BCUT2D eigenvalue weighted by Gasteiger charge is 2.20. The van der Waals surface area contributed by atoms with E-state index >= 15 is 0 Å². The Morgan fingerprint density at radius 1 is 1.29 bits per heavy atom. The Bertz CT molecular complexity index is 538. The first-order valence-electron chi connectivity index (χ1n) is 7.18. The molecule has 2 heterocycles. The van der Waals surface area contributed by atoms with Gasteiger partial charge < -0.3 is 20.9 Å². The molecule has 0 radical (unpaired) electrons. The van der Waals surface area contributed by atoms with Crippen molar-refractivity contribution in [3.8, 4) is 0 Å². The normalized spacial score (nSPS) is 15.2. The molecule has 0 atom stereocenters. The van der Waals surface area contributed by atoms with Crippen molar-refractivity contribution in [2.24, 2.45) is 10.7 Å². The van der Waals surface area contributed by atoms with Crippen LogP contribution < -0.4 is 16.0 Å². The van der Waals surface area contributed by atoms with Crippen molar-refractivity contribution in [3.63, 3.8) is 0 Å². The summed E-state index contributed by atoms with van der Waals surface area (Å²) in [5.74, 6) is 0.310. The average Bonchev–Trinajstić information content (AvgIpc) is 2.58. The van der Waals surface area contributed by atoms with Crippen molar-refractivity contribution < 1.29 is 13.6 Å². The third-order valence-corrected chi connectivity index (χ3v) is 3.28. The van der Waals surface area contributed by atoms with Crippen LogP contribution in [-0.4, -0.2) is 72.4 Å². The van der Waals surface area contributed by atoms with Crippen LogP contribution >= 0.6 is 24.0 Å². The lowest BCUT2D eigenvalue weighted by Gasteiger charge is -2.35. The molecule has 1 fully saturated rings. The maximum Gasteiger partial charge on any atom is 0.255 e. The standard InChI is InChI=1S/C13H19F2N7O.HI/c14-10(15)8-19-11(23)9-20-12(16)21-4-6-22(7-5-21)13-17-2-1-3-18-13;/h1-3,10H,4-9H2,(H2,16,20)(H,19,23);1H. The van der Waals surface area contributed by atoms with Crippen molar-refractivity contribution >= 4 is 41.8 Å². The highest BCUT2D eigenvalue weighted by molar-refractivity contribution is 14.0. The van der Waals surface area contributed by atoms with E-state index in [0.29, 0.717) is 32.1 Å². The van der Waals surface area contributed by atoms with Gasteiger partial charge in [0.05, 0.1) is 6.54 Å². The van der Waals surface area contributed by atoms with Gasteiger partial charge in [-0.25, -0.2) is 23.7 Å². The summed E-state index contributed by atoms with van der Waals surface area (Å²) >= 11 is 0. The Balaban J connectivity index is 0.00000288. The number of alkyl halides is 2. The molecule has 0 unspecified atom stereocenters. The number of halogens is 3. The minimum atomic E-state index is -2.58. The van der Waals surface area contributed by atoms with E-state index in [4.69, 9.17) is 5.73 Å². The van der Waals surface area contributed by atoms with Crippen LogP contribution in [0.3, 0.4) is 0 Å². The molecule has 1 aliphatic rings.